The molecular weight excluding hydrogens is 574 g/mol. The first-order valence-corrected chi connectivity index (χ1v) is 17.2. The molecule has 1 unspecified atom stereocenters. The number of fused-ring (bicyclic) bond motifs is 4. The summed E-state index contributed by atoms with van der Waals surface area (Å²) in [7, 11) is -4.06. The number of halogens is 1. The number of aryl methyl sites for hydroxylation is 1. The van der Waals surface area contributed by atoms with Gasteiger partial charge in [-0.15, -0.1) is 0 Å². The Morgan fingerprint density at radius 3 is 2.71 bits per heavy atom. The maximum Gasteiger partial charge on any atom is 0.304 e. The number of hydrogen-bond acceptors (Lipinski definition) is 6. The van der Waals surface area contributed by atoms with Gasteiger partial charge in [0, 0.05) is 41.7 Å². The number of nitrogens with one attached hydrogen (secondary N) is 1. The zero-order valence-electron chi connectivity index (χ0n) is 24.5. The van der Waals surface area contributed by atoms with Gasteiger partial charge in [-0.25, -0.2) is 4.72 Å². The van der Waals surface area contributed by atoms with E-state index in [0.717, 1.165) is 49.4 Å². The standard InChI is InChI=1S/C32H42ClN3O5S/c1-3-36-21(2)6-4-8-29(37)26-12-9-24(26)18-35-19-32(15-5-7-22-16-25(33)11-13-27(22)32)20-41-30-14-10-23(17-28(30)35)31(38)34-42(36,39)40/h10-11,13-14,16-17,21,24,26,29,37H,3-9,12,15,18-20H2,1-2H3,(H,34,38)/t21-,24-,26+,29?,32-/m0/s1. The van der Waals surface area contributed by atoms with Gasteiger partial charge in [-0.3, -0.25) is 4.79 Å². The number of hydrogen-bond donors (Lipinski definition) is 2. The molecule has 2 aromatic rings. The largest absolute Gasteiger partial charge is 0.490 e. The Kier molecular flexibility index (Phi) is 8.24. The number of carbonyl (C=O) groups is 1. The van der Waals surface area contributed by atoms with Crippen molar-refractivity contribution >= 4 is 33.4 Å². The van der Waals surface area contributed by atoms with E-state index in [1.807, 2.05) is 13.0 Å². The van der Waals surface area contributed by atoms with Crippen molar-refractivity contribution in [2.75, 3.05) is 31.1 Å². The van der Waals surface area contributed by atoms with Crippen LogP contribution in [-0.2, 0) is 22.0 Å². The van der Waals surface area contributed by atoms with E-state index < -0.39 is 22.2 Å². The molecule has 8 nitrogen and oxygen atoms in total. The maximum absolute atomic E-state index is 13.4. The van der Waals surface area contributed by atoms with Crippen LogP contribution in [0.3, 0.4) is 0 Å². The van der Waals surface area contributed by atoms with Gasteiger partial charge in [0.25, 0.3) is 5.91 Å². The highest BCUT2D eigenvalue weighted by Crippen LogP contribution is 2.47. The van der Waals surface area contributed by atoms with Gasteiger partial charge in [-0.1, -0.05) is 24.6 Å². The Bertz CT molecular complexity index is 1450. The van der Waals surface area contributed by atoms with Crippen LogP contribution >= 0.6 is 11.6 Å². The summed E-state index contributed by atoms with van der Waals surface area (Å²) in [4.78, 5) is 15.7. The van der Waals surface area contributed by atoms with Gasteiger partial charge in [0.15, 0.2) is 0 Å². The van der Waals surface area contributed by atoms with Crippen molar-refractivity contribution in [1.29, 1.82) is 0 Å². The van der Waals surface area contributed by atoms with Gasteiger partial charge in [-0.2, -0.15) is 12.7 Å². The summed E-state index contributed by atoms with van der Waals surface area (Å²) >= 11 is 6.39. The number of benzene rings is 2. The maximum atomic E-state index is 13.4. The number of aliphatic hydroxyl groups excluding tert-OH is 1. The van der Waals surface area contributed by atoms with Gasteiger partial charge in [0.2, 0.25) is 0 Å². The number of anilines is 1. The third kappa shape index (κ3) is 5.53. The number of carbonyl (C=O) groups excluding carboxylic acids is 1. The molecule has 2 heterocycles. The first-order valence-electron chi connectivity index (χ1n) is 15.4. The number of rotatable bonds is 1. The monoisotopic (exact) mass is 615 g/mol. The lowest BCUT2D eigenvalue weighted by atomic mass is 9.68. The Morgan fingerprint density at radius 1 is 1.12 bits per heavy atom. The molecule has 4 aliphatic rings. The molecule has 1 saturated carbocycles. The summed E-state index contributed by atoms with van der Waals surface area (Å²) in [5.74, 6) is 0.566. The zero-order chi connectivity index (χ0) is 29.6. The number of ether oxygens (including phenoxy) is 1. The van der Waals surface area contributed by atoms with E-state index in [4.69, 9.17) is 16.3 Å². The van der Waals surface area contributed by atoms with E-state index in [1.165, 1.54) is 15.4 Å². The van der Waals surface area contributed by atoms with Crippen molar-refractivity contribution in [1.82, 2.24) is 9.03 Å². The molecule has 42 heavy (non-hydrogen) atoms. The molecule has 6 rings (SSSR count). The Morgan fingerprint density at radius 2 is 1.95 bits per heavy atom. The van der Waals surface area contributed by atoms with Crippen LogP contribution in [0.4, 0.5) is 5.69 Å². The second-order valence-corrected chi connectivity index (χ2v) is 14.8. The van der Waals surface area contributed by atoms with Crippen LogP contribution in [-0.4, -0.2) is 62.1 Å². The Labute approximate surface area is 254 Å². The minimum absolute atomic E-state index is 0.201. The average molecular weight is 616 g/mol. The predicted molar refractivity (Wildman–Crippen MR) is 165 cm³/mol. The fraction of sp³-hybridized carbons (Fsp3) is 0.594. The van der Waals surface area contributed by atoms with Gasteiger partial charge in [0.1, 0.15) is 5.75 Å². The molecule has 2 aliphatic heterocycles. The van der Waals surface area contributed by atoms with Crippen molar-refractivity contribution in [3.8, 4) is 5.75 Å². The molecule has 10 heteroatoms. The lowest BCUT2D eigenvalue weighted by Crippen LogP contribution is -2.50. The fourth-order valence-electron chi connectivity index (χ4n) is 7.80. The SMILES string of the molecule is CCN1[C@@H](C)CCCC(O)[C@@H]2CC[C@H]2CN2C[C@@]3(CCCc4cc(Cl)ccc43)COc3ccc(cc32)C(=O)NS1(=O)=O. The van der Waals surface area contributed by atoms with E-state index >= 15 is 0 Å². The molecule has 0 radical (unpaired) electrons. The van der Waals surface area contributed by atoms with Crippen LogP contribution in [0.25, 0.3) is 0 Å². The highest BCUT2D eigenvalue weighted by atomic mass is 35.5. The second-order valence-electron chi connectivity index (χ2n) is 12.8. The van der Waals surface area contributed by atoms with Crippen LogP contribution in [0.15, 0.2) is 36.4 Å². The molecule has 2 aliphatic carbocycles. The first-order chi connectivity index (χ1) is 20.1. The van der Waals surface area contributed by atoms with Crippen LogP contribution < -0.4 is 14.4 Å². The lowest BCUT2D eigenvalue weighted by molar-refractivity contribution is 0.00850. The molecule has 2 N–H and O–H groups in total. The molecule has 1 spiro atoms. The van der Waals surface area contributed by atoms with E-state index in [0.29, 0.717) is 44.1 Å². The molecule has 0 aromatic heterocycles. The molecule has 2 aromatic carbocycles. The van der Waals surface area contributed by atoms with Crippen LogP contribution in [0, 0.1) is 11.8 Å². The molecular formula is C32H42ClN3O5S. The quantitative estimate of drug-likeness (QED) is 0.465. The van der Waals surface area contributed by atoms with E-state index in [9.17, 15) is 18.3 Å². The van der Waals surface area contributed by atoms with Crippen molar-refractivity contribution in [2.45, 2.75) is 82.8 Å². The lowest BCUT2D eigenvalue weighted by Gasteiger charge is -2.46. The van der Waals surface area contributed by atoms with Gasteiger partial charge >= 0.3 is 10.2 Å². The number of amides is 1. The fourth-order valence-corrected chi connectivity index (χ4v) is 9.38. The minimum Gasteiger partial charge on any atom is -0.490 e. The van der Waals surface area contributed by atoms with Crippen molar-refractivity contribution in [3.05, 3.63) is 58.1 Å². The summed E-state index contributed by atoms with van der Waals surface area (Å²) < 4.78 is 36.8. The summed E-state index contributed by atoms with van der Waals surface area (Å²) in [6, 6.07) is 11.1. The van der Waals surface area contributed by atoms with Crippen molar-refractivity contribution < 1.29 is 23.1 Å². The normalized spacial score (nSPS) is 31.6. The van der Waals surface area contributed by atoms with Crippen molar-refractivity contribution in [3.63, 3.8) is 0 Å². The smallest absolute Gasteiger partial charge is 0.304 e. The third-order valence-corrected chi connectivity index (χ3v) is 12.1. The number of nitrogens with zero attached hydrogens (tertiary/aromatic N) is 2. The minimum atomic E-state index is -4.06. The number of aliphatic hydroxyl groups is 1. The predicted octanol–water partition coefficient (Wildman–Crippen LogP) is 5.07. The topological polar surface area (TPSA) is 99.2 Å². The highest BCUT2D eigenvalue weighted by molar-refractivity contribution is 7.87. The summed E-state index contributed by atoms with van der Waals surface area (Å²) in [5, 5.41) is 12.0. The molecule has 228 valence electrons. The molecule has 5 atom stereocenters. The molecule has 1 fully saturated rings. The van der Waals surface area contributed by atoms with E-state index in [2.05, 4.69) is 21.8 Å². The third-order valence-electron chi connectivity index (χ3n) is 10.2. The Hall–Kier alpha value is -2.33. The van der Waals surface area contributed by atoms with Gasteiger partial charge in [-0.05, 0) is 112 Å². The van der Waals surface area contributed by atoms with Gasteiger partial charge < -0.3 is 14.7 Å². The molecule has 2 bridgehead atoms. The zero-order valence-corrected chi connectivity index (χ0v) is 26.1. The molecule has 0 saturated heterocycles. The first kappa shape index (κ1) is 29.7. The van der Waals surface area contributed by atoms with Crippen molar-refractivity contribution in [2.24, 2.45) is 11.8 Å². The summed E-state index contributed by atoms with van der Waals surface area (Å²) in [6.07, 6.45) is 6.57. The summed E-state index contributed by atoms with van der Waals surface area (Å²) in [6.45, 7) is 5.84. The summed E-state index contributed by atoms with van der Waals surface area (Å²) in [5.41, 5.74) is 3.35. The van der Waals surface area contributed by atoms with Crippen LogP contribution in [0.2, 0.25) is 5.02 Å². The Balaban J connectivity index is 1.41. The van der Waals surface area contributed by atoms with Crippen LogP contribution in [0.1, 0.15) is 80.3 Å². The van der Waals surface area contributed by atoms with E-state index in [1.54, 1.807) is 25.1 Å². The highest BCUT2D eigenvalue weighted by Gasteiger charge is 2.44. The van der Waals surface area contributed by atoms with E-state index in [-0.39, 0.29) is 29.5 Å². The molecule has 1 amide bonds. The van der Waals surface area contributed by atoms with Gasteiger partial charge in [0.05, 0.1) is 18.4 Å². The van der Waals surface area contributed by atoms with Crippen LogP contribution in [0.5, 0.6) is 5.75 Å². The average Bonchev–Trinajstić information content (AvgIpc) is 3.07. The second kappa shape index (κ2) is 11.6.